The molecule has 1 amide bonds. The molecule has 5 nitrogen and oxygen atoms in total. The fourth-order valence-electron chi connectivity index (χ4n) is 2.28. The summed E-state index contributed by atoms with van der Waals surface area (Å²) in [5, 5.41) is 0. The lowest BCUT2D eigenvalue weighted by atomic mass is 10.1. The summed E-state index contributed by atoms with van der Waals surface area (Å²) in [6.45, 7) is 5.12. The zero-order valence-electron chi connectivity index (χ0n) is 11.6. The van der Waals surface area contributed by atoms with Gasteiger partial charge in [-0.2, -0.15) is 0 Å². The zero-order valence-corrected chi connectivity index (χ0v) is 11.6. The molecule has 1 aliphatic rings. The minimum absolute atomic E-state index is 0.426. The summed E-state index contributed by atoms with van der Waals surface area (Å²) in [6, 6.07) is 5.40. The van der Waals surface area contributed by atoms with E-state index in [1.807, 2.05) is 6.07 Å². The number of carbonyl (C=O) groups excluding carboxylic acids is 1. The first kappa shape index (κ1) is 13.8. The fraction of sp³-hybridized carbons (Fsp3) is 0.500. The van der Waals surface area contributed by atoms with Crippen LogP contribution in [0.1, 0.15) is 15.9 Å². The number of piperazine rings is 1. The number of nitrogens with zero attached hydrogens (tertiary/aromatic N) is 2. The summed E-state index contributed by atoms with van der Waals surface area (Å²) in [5.74, 6) is 0.305. The first-order chi connectivity index (χ1) is 9.10. The predicted molar refractivity (Wildman–Crippen MR) is 74.3 cm³/mol. The third kappa shape index (κ3) is 3.45. The van der Waals surface area contributed by atoms with E-state index in [1.165, 1.54) is 0 Å². The highest BCUT2D eigenvalue weighted by atomic mass is 16.5. The maximum atomic E-state index is 11.2. The molecule has 1 fully saturated rings. The summed E-state index contributed by atoms with van der Waals surface area (Å²) >= 11 is 0. The number of carbonyl (C=O) groups is 1. The quantitative estimate of drug-likeness (QED) is 0.861. The van der Waals surface area contributed by atoms with Gasteiger partial charge in [0.15, 0.2) is 0 Å². The van der Waals surface area contributed by atoms with Crippen molar-refractivity contribution in [1.29, 1.82) is 0 Å². The molecule has 0 bridgehead atoms. The van der Waals surface area contributed by atoms with Crippen molar-refractivity contribution >= 4 is 5.91 Å². The van der Waals surface area contributed by atoms with Crippen LogP contribution in [-0.4, -0.2) is 56.0 Å². The van der Waals surface area contributed by atoms with Crippen molar-refractivity contribution in [3.05, 3.63) is 29.3 Å². The van der Waals surface area contributed by atoms with Crippen LogP contribution in [-0.2, 0) is 6.54 Å². The number of ether oxygens (including phenoxy) is 1. The van der Waals surface area contributed by atoms with Gasteiger partial charge in [-0.25, -0.2) is 0 Å². The van der Waals surface area contributed by atoms with Crippen LogP contribution < -0.4 is 10.5 Å². The minimum atomic E-state index is -0.426. The molecule has 0 atom stereocenters. The van der Waals surface area contributed by atoms with Crippen molar-refractivity contribution in [3.63, 3.8) is 0 Å². The summed E-state index contributed by atoms with van der Waals surface area (Å²) in [4.78, 5) is 15.9. The average molecular weight is 263 g/mol. The molecule has 19 heavy (non-hydrogen) atoms. The molecule has 1 aliphatic heterocycles. The van der Waals surface area contributed by atoms with E-state index >= 15 is 0 Å². The van der Waals surface area contributed by atoms with Gasteiger partial charge in [0.05, 0.1) is 7.11 Å². The fourth-order valence-corrected chi connectivity index (χ4v) is 2.28. The Morgan fingerprint density at radius 3 is 2.58 bits per heavy atom. The molecule has 5 heteroatoms. The summed E-state index contributed by atoms with van der Waals surface area (Å²) in [5.41, 5.74) is 6.86. The number of amides is 1. The highest BCUT2D eigenvalue weighted by molar-refractivity contribution is 5.93. The number of benzene rings is 1. The molecule has 0 spiro atoms. The summed E-state index contributed by atoms with van der Waals surface area (Å²) < 4.78 is 5.35. The number of primary amides is 1. The Labute approximate surface area is 113 Å². The lowest BCUT2D eigenvalue weighted by Crippen LogP contribution is -2.43. The molecule has 1 aromatic carbocycles. The van der Waals surface area contributed by atoms with E-state index in [-0.39, 0.29) is 0 Å². The van der Waals surface area contributed by atoms with Crippen LogP contribution in [0.4, 0.5) is 0 Å². The second kappa shape index (κ2) is 6.04. The van der Waals surface area contributed by atoms with Crippen molar-refractivity contribution in [2.45, 2.75) is 6.54 Å². The topological polar surface area (TPSA) is 58.8 Å². The van der Waals surface area contributed by atoms with Gasteiger partial charge in [-0.15, -0.1) is 0 Å². The van der Waals surface area contributed by atoms with E-state index < -0.39 is 5.91 Å². The first-order valence-corrected chi connectivity index (χ1v) is 6.48. The highest BCUT2D eigenvalue weighted by Crippen LogP contribution is 2.22. The number of methoxy groups -OCH3 is 1. The van der Waals surface area contributed by atoms with E-state index in [0.29, 0.717) is 5.56 Å². The van der Waals surface area contributed by atoms with Gasteiger partial charge in [-0.1, -0.05) is 6.07 Å². The van der Waals surface area contributed by atoms with E-state index in [1.54, 1.807) is 19.2 Å². The maximum Gasteiger partial charge on any atom is 0.248 e. The van der Waals surface area contributed by atoms with Crippen LogP contribution in [0.2, 0.25) is 0 Å². The lowest BCUT2D eigenvalue weighted by Gasteiger charge is -2.32. The van der Waals surface area contributed by atoms with Crippen LogP contribution in [0.3, 0.4) is 0 Å². The second-order valence-electron chi connectivity index (χ2n) is 4.97. The average Bonchev–Trinajstić information content (AvgIpc) is 2.41. The van der Waals surface area contributed by atoms with E-state index in [0.717, 1.165) is 44.0 Å². The van der Waals surface area contributed by atoms with Crippen molar-refractivity contribution in [3.8, 4) is 5.75 Å². The molecule has 1 saturated heterocycles. The summed E-state index contributed by atoms with van der Waals surface area (Å²) in [7, 11) is 3.76. The normalized spacial score (nSPS) is 17.4. The standard InChI is InChI=1S/C14H21N3O2/c1-16-5-7-17(8-6-16)10-12-4-3-11(14(15)18)9-13(12)19-2/h3-4,9H,5-8,10H2,1-2H3,(H2,15,18). The Bertz CT molecular complexity index is 454. The molecule has 1 heterocycles. The molecule has 1 aromatic rings. The second-order valence-corrected chi connectivity index (χ2v) is 4.97. The van der Waals surface area contributed by atoms with Crippen LogP contribution >= 0.6 is 0 Å². The van der Waals surface area contributed by atoms with Crippen LogP contribution in [0.25, 0.3) is 0 Å². The van der Waals surface area contributed by atoms with E-state index in [9.17, 15) is 4.79 Å². The highest BCUT2D eigenvalue weighted by Gasteiger charge is 2.16. The predicted octanol–water partition coefficient (Wildman–Crippen LogP) is 0.541. The van der Waals surface area contributed by atoms with Gasteiger partial charge in [-0.05, 0) is 19.2 Å². The maximum absolute atomic E-state index is 11.2. The molecule has 0 saturated carbocycles. The molecule has 2 N–H and O–H groups in total. The summed E-state index contributed by atoms with van der Waals surface area (Å²) in [6.07, 6.45) is 0. The van der Waals surface area contributed by atoms with Crippen molar-refractivity contribution < 1.29 is 9.53 Å². The molecule has 0 unspecified atom stereocenters. The Hall–Kier alpha value is -1.59. The van der Waals surface area contributed by atoms with Crippen molar-refractivity contribution in [2.75, 3.05) is 40.3 Å². The van der Waals surface area contributed by atoms with Gasteiger partial charge in [0, 0.05) is 43.9 Å². The molecular weight excluding hydrogens is 242 g/mol. The molecule has 2 rings (SSSR count). The third-order valence-corrected chi connectivity index (χ3v) is 3.56. The van der Waals surface area contributed by atoms with Crippen LogP contribution in [0, 0.1) is 0 Å². The van der Waals surface area contributed by atoms with Gasteiger partial charge in [0.1, 0.15) is 5.75 Å². The number of rotatable bonds is 4. The van der Waals surface area contributed by atoms with E-state index in [2.05, 4.69) is 16.8 Å². The Kier molecular flexibility index (Phi) is 4.39. The Balaban J connectivity index is 2.09. The number of likely N-dealkylation sites (N-methyl/N-ethyl adjacent to an activating group) is 1. The van der Waals surface area contributed by atoms with Gasteiger partial charge < -0.3 is 15.4 Å². The molecule has 0 radical (unpaired) electrons. The third-order valence-electron chi connectivity index (χ3n) is 3.56. The lowest BCUT2D eigenvalue weighted by molar-refractivity contribution is 0.1000. The first-order valence-electron chi connectivity index (χ1n) is 6.48. The Morgan fingerprint density at radius 2 is 2.00 bits per heavy atom. The number of hydrogen-bond acceptors (Lipinski definition) is 4. The van der Waals surface area contributed by atoms with Gasteiger partial charge in [0.2, 0.25) is 5.91 Å². The smallest absolute Gasteiger partial charge is 0.248 e. The Morgan fingerprint density at radius 1 is 1.32 bits per heavy atom. The number of nitrogens with two attached hydrogens (primary N) is 1. The number of hydrogen-bond donors (Lipinski definition) is 1. The van der Waals surface area contributed by atoms with Gasteiger partial charge in [-0.3, -0.25) is 9.69 Å². The van der Waals surface area contributed by atoms with Crippen LogP contribution in [0.5, 0.6) is 5.75 Å². The van der Waals surface area contributed by atoms with Crippen molar-refractivity contribution in [2.24, 2.45) is 5.73 Å². The van der Waals surface area contributed by atoms with Gasteiger partial charge in [0.25, 0.3) is 0 Å². The SMILES string of the molecule is COc1cc(C(N)=O)ccc1CN1CCN(C)CC1. The largest absolute Gasteiger partial charge is 0.496 e. The molecule has 0 aliphatic carbocycles. The van der Waals surface area contributed by atoms with Crippen molar-refractivity contribution in [1.82, 2.24) is 9.80 Å². The molecular formula is C14H21N3O2. The zero-order chi connectivity index (χ0) is 13.8. The van der Waals surface area contributed by atoms with Gasteiger partial charge >= 0.3 is 0 Å². The monoisotopic (exact) mass is 263 g/mol. The van der Waals surface area contributed by atoms with E-state index in [4.69, 9.17) is 10.5 Å². The molecule has 104 valence electrons. The molecule has 0 aromatic heterocycles. The minimum Gasteiger partial charge on any atom is -0.496 e. The van der Waals surface area contributed by atoms with Crippen LogP contribution in [0.15, 0.2) is 18.2 Å².